The molecule has 0 spiro atoms. The lowest BCUT2D eigenvalue weighted by Gasteiger charge is -2.11. The summed E-state index contributed by atoms with van der Waals surface area (Å²) in [5.74, 6) is -0.0457. The fraction of sp³-hybridized carbons (Fsp3) is 0.385. The second-order valence-corrected chi connectivity index (χ2v) is 5.74. The lowest BCUT2D eigenvalue weighted by Crippen LogP contribution is -2.19. The van der Waals surface area contributed by atoms with Crippen LogP contribution in [-0.2, 0) is 9.53 Å². The van der Waals surface area contributed by atoms with Gasteiger partial charge in [0.25, 0.3) is 0 Å². The zero-order chi connectivity index (χ0) is 13.8. The van der Waals surface area contributed by atoms with Crippen molar-refractivity contribution in [3.05, 3.63) is 28.2 Å². The number of rotatable bonds is 4. The first-order valence-electron chi connectivity index (χ1n) is 6.07. The summed E-state index contributed by atoms with van der Waals surface area (Å²) in [5, 5.41) is 2.85. The van der Waals surface area contributed by atoms with Gasteiger partial charge in [0, 0.05) is 16.6 Å². The molecule has 4 nitrogen and oxygen atoms in total. The smallest absolute Gasteiger partial charge is 0.227 e. The molecule has 102 valence electrons. The third-order valence-corrected chi connectivity index (χ3v) is 3.86. The van der Waals surface area contributed by atoms with Crippen LogP contribution < -0.4 is 11.1 Å². The molecule has 1 fully saturated rings. The number of halogens is 1. The Hall–Kier alpha value is -0.980. The number of anilines is 1. The predicted molar refractivity (Wildman–Crippen MR) is 82.3 cm³/mol. The van der Waals surface area contributed by atoms with Gasteiger partial charge >= 0.3 is 0 Å². The van der Waals surface area contributed by atoms with Gasteiger partial charge in [0.1, 0.15) is 4.99 Å². The van der Waals surface area contributed by atoms with E-state index >= 15 is 0 Å². The highest BCUT2D eigenvalue weighted by Gasteiger charge is 2.19. The first kappa shape index (κ1) is 14.4. The molecule has 1 aliphatic rings. The maximum absolute atomic E-state index is 11.9. The lowest BCUT2D eigenvalue weighted by molar-refractivity contribution is -0.118. The Kier molecular flexibility index (Phi) is 4.90. The van der Waals surface area contributed by atoms with Crippen molar-refractivity contribution in [2.24, 2.45) is 5.73 Å². The van der Waals surface area contributed by atoms with Crippen molar-refractivity contribution in [1.82, 2.24) is 0 Å². The Morgan fingerprint density at radius 1 is 1.58 bits per heavy atom. The maximum Gasteiger partial charge on any atom is 0.227 e. The minimum atomic E-state index is -0.0457. The second kappa shape index (κ2) is 6.45. The number of thiocarbonyl (C=S) groups is 1. The number of carbonyl (C=O) groups excluding carboxylic acids is 1. The summed E-state index contributed by atoms with van der Waals surface area (Å²) in [7, 11) is 0. The number of nitrogens with one attached hydrogen (secondary N) is 1. The Labute approximate surface area is 125 Å². The summed E-state index contributed by atoms with van der Waals surface area (Å²) < 4.78 is 6.20. The van der Waals surface area contributed by atoms with E-state index in [2.05, 4.69) is 21.2 Å². The quantitative estimate of drug-likeness (QED) is 0.825. The number of hydrogen-bond acceptors (Lipinski definition) is 3. The molecule has 2 rings (SSSR count). The molecule has 1 atom stereocenters. The van der Waals surface area contributed by atoms with Gasteiger partial charge in [-0.05, 0) is 47.0 Å². The molecule has 0 bridgehead atoms. The van der Waals surface area contributed by atoms with Gasteiger partial charge in [-0.1, -0.05) is 12.2 Å². The minimum absolute atomic E-state index is 0.0457. The number of ether oxygens (including phenoxy) is 1. The van der Waals surface area contributed by atoms with Crippen molar-refractivity contribution < 1.29 is 9.53 Å². The number of nitrogens with two attached hydrogens (primary N) is 1. The molecule has 19 heavy (non-hydrogen) atoms. The van der Waals surface area contributed by atoms with E-state index in [1.54, 1.807) is 18.2 Å². The number of amides is 1. The lowest BCUT2D eigenvalue weighted by atomic mass is 10.1. The predicted octanol–water partition coefficient (Wildman–Crippen LogP) is 2.59. The average molecular weight is 343 g/mol. The molecular weight excluding hydrogens is 328 g/mol. The van der Waals surface area contributed by atoms with Gasteiger partial charge in [0.2, 0.25) is 5.91 Å². The molecule has 0 saturated carbocycles. The largest absolute Gasteiger partial charge is 0.389 e. The first-order chi connectivity index (χ1) is 9.06. The summed E-state index contributed by atoms with van der Waals surface area (Å²) in [6, 6.07) is 5.37. The van der Waals surface area contributed by atoms with Gasteiger partial charge in [-0.2, -0.15) is 0 Å². The molecule has 1 unspecified atom stereocenters. The van der Waals surface area contributed by atoms with E-state index in [0.717, 1.165) is 29.5 Å². The molecule has 1 saturated heterocycles. The summed E-state index contributed by atoms with van der Waals surface area (Å²) in [6.07, 6.45) is 2.43. The van der Waals surface area contributed by atoms with Crippen LogP contribution in [0.1, 0.15) is 24.8 Å². The van der Waals surface area contributed by atoms with Crippen molar-refractivity contribution in [3.63, 3.8) is 0 Å². The van der Waals surface area contributed by atoms with Crippen molar-refractivity contribution in [3.8, 4) is 0 Å². The van der Waals surface area contributed by atoms with Crippen molar-refractivity contribution in [2.75, 3.05) is 11.9 Å². The van der Waals surface area contributed by atoms with E-state index in [9.17, 15) is 4.79 Å². The molecule has 0 aliphatic carbocycles. The average Bonchev–Trinajstić information content (AvgIpc) is 2.84. The highest BCUT2D eigenvalue weighted by molar-refractivity contribution is 9.10. The third-order valence-electron chi connectivity index (χ3n) is 2.96. The monoisotopic (exact) mass is 342 g/mol. The standard InChI is InChI=1S/C13H15BrN2O2S/c14-10-6-8(13(15)19)3-4-11(10)16-12(17)7-9-2-1-5-18-9/h3-4,6,9H,1-2,5,7H2,(H2,15,19)(H,16,17). The van der Waals surface area contributed by atoms with E-state index in [0.29, 0.717) is 17.1 Å². The van der Waals surface area contributed by atoms with Crippen LogP contribution in [-0.4, -0.2) is 23.6 Å². The summed E-state index contributed by atoms with van der Waals surface area (Å²) >= 11 is 8.30. The number of carbonyl (C=O) groups is 1. The molecule has 6 heteroatoms. The van der Waals surface area contributed by atoms with Crippen LogP contribution in [0.25, 0.3) is 0 Å². The van der Waals surface area contributed by atoms with Crippen LogP contribution in [0.4, 0.5) is 5.69 Å². The maximum atomic E-state index is 11.9. The topological polar surface area (TPSA) is 64.3 Å². The molecule has 1 aliphatic heterocycles. The van der Waals surface area contributed by atoms with E-state index in [4.69, 9.17) is 22.7 Å². The van der Waals surface area contributed by atoms with Crippen molar-refractivity contribution in [1.29, 1.82) is 0 Å². The molecular formula is C13H15BrN2O2S. The molecule has 1 aromatic rings. The normalized spacial score (nSPS) is 18.3. The molecule has 1 amide bonds. The third kappa shape index (κ3) is 3.99. The minimum Gasteiger partial charge on any atom is -0.389 e. The van der Waals surface area contributed by atoms with E-state index in [-0.39, 0.29) is 12.0 Å². The van der Waals surface area contributed by atoms with Gasteiger partial charge in [-0.15, -0.1) is 0 Å². The van der Waals surface area contributed by atoms with Crippen LogP contribution in [0.5, 0.6) is 0 Å². The van der Waals surface area contributed by atoms with Crippen LogP contribution in [0.15, 0.2) is 22.7 Å². The number of benzene rings is 1. The molecule has 0 radical (unpaired) electrons. The van der Waals surface area contributed by atoms with Crippen LogP contribution >= 0.6 is 28.1 Å². The van der Waals surface area contributed by atoms with Gasteiger partial charge in [-0.3, -0.25) is 4.79 Å². The van der Waals surface area contributed by atoms with E-state index in [1.165, 1.54) is 0 Å². The summed E-state index contributed by atoms with van der Waals surface area (Å²) in [4.78, 5) is 12.2. The van der Waals surface area contributed by atoms with Crippen LogP contribution in [0.2, 0.25) is 0 Å². The molecule has 1 aromatic carbocycles. The Morgan fingerprint density at radius 2 is 2.37 bits per heavy atom. The second-order valence-electron chi connectivity index (χ2n) is 4.45. The Balaban J connectivity index is 1.98. The van der Waals surface area contributed by atoms with Crippen LogP contribution in [0.3, 0.4) is 0 Å². The highest BCUT2D eigenvalue weighted by Crippen LogP contribution is 2.24. The van der Waals surface area contributed by atoms with E-state index < -0.39 is 0 Å². The zero-order valence-corrected chi connectivity index (χ0v) is 12.7. The summed E-state index contributed by atoms with van der Waals surface area (Å²) in [5.41, 5.74) is 7.02. The molecule has 0 aromatic heterocycles. The SMILES string of the molecule is NC(=S)c1ccc(NC(=O)CC2CCCO2)c(Br)c1. The van der Waals surface area contributed by atoms with Crippen LogP contribution in [0, 0.1) is 0 Å². The van der Waals surface area contributed by atoms with Crippen molar-refractivity contribution in [2.45, 2.75) is 25.4 Å². The molecule has 1 heterocycles. The van der Waals surface area contributed by atoms with Gasteiger partial charge in [0.15, 0.2) is 0 Å². The fourth-order valence-corrected chi connectivity index (χ4v) is 2.59. The zero-order valence-electron chi connectivity index (χ0n) is 10.3. The van der Waals surface area contributed by atoms with Gasteiger partial charge in [-0.25, -0.2) is 0 Å². The first-order valence-corrected chi connectivity index (χ1v) is 7.27. The summed E-state index contributed by atoms with van der Waals surface area (Å²) in [6.45, 7) is 0.754. The Morgan fingerprint density at radius 3 is 2.95 bits per heavy atom. The highest BCUT2D eigenvalue weighted by atomic mass is 79.9. The van der Waals surface area contributed by atoms with Gasteiger partial charge < -0.3 is 15.8 Å². The fourth-order valence-electron chi connectivity index (χ4n) is 1.98. The Bertz CT molecular complexity index is 501. The van der Waals surface area contributed by atoms with Gasteiger partial charge in [0.05, 0.1) is 18.2 Å². The van der Waals surface area contributed by atoms with Crippen molar-refractivity contribution >= 4 is 44.7 Å². The van der Waals surface area contributed by atoms with E-state index in [1.807, 2.05) is 0 Å². The number of hydrogen-bond donors (Lipinski definition) is 2. The molecule has 3 N–H and O–H groups in total.